The zero-order chi connectivity index (χ0) is 17.4. The molecular weight excluding hydrogens is 322 g/mol. The van der Waals surface area contributed by atoms with Gasteiger partial charge in [0.25, 0.3) is 0 Å². The van der Waals surface area contributed by atoms with Crippen LogP contribution in [-0.4, -0.2) is 24.2 Å². The number of benzene rings is 2. The van der Waals surface area contributed by atoms with Gasteiger partial charge in [0.05, 0.1) is 12.2 Å². The molecule has 0 aliphatic heterocycles. The average Bonchev–Trinajstić information content (AvgIpc) is 2.58. The Balaban J connectivity index is 1.91. The van der Waals surface area contributed by atoms with Gasteiger partial charge in [-0.1, -0.05) is 24.3 Å². The molecule has 0 fully saturated rings. The van der Waals surface area contributed by atoms with Gasteiger partial charge in [-0.2, -0.15) is 0 Å². The van der Waals surface area contributed by atoms with Gasteiger partial charge in [-0.15, -0.1) is 11.8 Å². The van der Waals surface area contributed by atoms with Gasteiger partial charge in [-0.25, -0.2) is 4.79 Å². The Kier molecular flexibility index (Phi) is 6.88. The number of ether oxygens (including phenoxy) is 1. The van der Waals surface area contributed by atoms with Crippen molar-refractivity contribution < 1.29 is 14.3 Å². The lowest BCUT2D eigenvalue weighted by Crippen LogP contribution is -2.15. The summed E-state index contributed by atoms with van der Waals surface area (Å²) in [5, 5.41) is 2.87. The molecule has 2 rings (SSSR count). The number of rotatable bonds is 7. The number of carbonyl (C=O) groups excluding carboxylic acids is 2. The van der Waals surface area contributed by atoms with E-state index < -0.39 is 0 Å². The van der Waals surface area contributed by atoms with Gasteiger partial charge >= 0.3 is 5.97 Å². The van der Waals surface area contributed by atoms with E-state index in [1.165, 1.54) is 0 Å². The lowest BCUT2D eigenvalue weighted by Gasteiger charge is -2.12. The Labute approximate surface area is 146 Å². The fraction of sp³-hybridized carbons (Fsp3) is 0.263. The van der Waals surface area contributed by atoms with Gasteiger partial charge in [-0.3, -0.25) is 4.79 Å². The van der Waals surface area contributed by atoms with E-state index in [4.69, 9.17) is 4.74 Å². The fourth-order valence-electron chi connectivity index (χ4n) is 2.19. The first-order valence-electron chi connectivity index (χ1n) is 7.86. The summed E-state index contributed by atoms with van der Waals surface area (Å²) in [6.07, 6.45) is 0.405. The summed E-state index contributed by atoms with van der Waals surface area (Å²) in [6.45, 7) is 3.90. The zero-order valence-corrected chi connectivity index (χ0v) is 14.7. The first-order chi connectivity index (χ1) is 11.6. The molecule has 0 atom stereocenters. The first kappa shape index (κ1) is 18.1. The molecule has 2 aromatic rings. The molecule has 0 aromatic heterocycles. The van der Waals surface area contributed by atoms with E-state index in [0.717, 1.165) is 10.5 Å². The number of anilines is 1. The summed E-state index contributed by atoms with van der Waals surface area (Å²) < 4.78 is 5.03. The second-order valence-electron chi connectivity index (χ2n) is 5.16. The van der Waals surface area contributed by atoms with Crippen LogP contribution in [0.3, 0.4) is 0 Å². The van der Waals surface area contributed by atoms with Crippen LogP contribution in [0, 0.1) is 6.92 Å². The van der Waals surface area contributed by atoms with Crippen molar-refractivity contribution in [2.75, 3.05) is 17.7 Å². The third-order valence-corrected chi connectivity index (χ3v) is 4.46. The Morgan fingerprint density at radius 2 is 1.83 bits per heavy atom. The van der Waals surface area contributed by atoms with Crippen LogP contribution < -0.4 is 5.32 Å². The van der Waals surface area contributed by atoms with Crippen LogP contribution in [0.4, 0.5) is 5.69 Å². The predicted octanol–water partition coefficient (Wildman–Crippen LogP) is 4.29. The Morgan fingerprint density at radius 1 is 1.08 bits per heavy atom. The summed E-state index contributed by atoms with van der Waals surface area (Å²) in [7, 11) is 0. The maximum Gasteiger partial charge on any atom is 0.338 e. The second-order valence-corrected chi connectivity index (χ2v) is 6.33. The number of hydrogen-bond acceptors (Lipinski definition) is 4. The fourth-order valence-corrected chi connectivity index (χ4v) is 3.06. The van der Waals surface area contributed by atoms with E-state index in [-0.39, 0.29) is 11.9 Å². The normalized spacial score (nSPS) is 10.2. The maximum absolute atomic E-state index is 12.1. The quantitative estimate of drug-likeness (QED) is 0.602. The van der Waals surface area contributed by atoms with Gasteiger partial charge in [0.1, 0.15) is 0 Å². The standard InChI is InChI=1S/C19H21NO3S/c1-3-23-19(22)16-10-7-11-17(14(16)2)20-18(21)12-13-24-15-8-5-4-6-9-15/h4-11H,3,12-13H2,1-2H3,(H,20,21). The van der Waals surface area contributed by atoms with Crippen LogP contribution in [0.5, 0.6) is 0 Å². The van der Waals surface area contributed by atoms with E-state index in [2.05, 4.69) is 5.32 Å². The van der Waals surface area contributed by atoms with E-state index in [0.29, 0.717) is 30.0 Å². The van der Waals surface area contributed by atoms with Gasteiger partial charge in [0.15, 0.2) is 0 Å². The summed E-state index contributed by atoms with van der Waals surface area (Å²) in [4.78, 5) is 25.2. The molecule has 0 spiro atoms. The molecule has 0 radical (unpaired) electrons. The maximum atomic E-state index is 12.1. The lowest BCUT2D eigenvalue weighted by atomic mass is 10.1. The molecule has 1 amide bonds. The van der Waals surface area contributed by atoms with Gasteiger partial charge in [0.2, 0.25) is 5.91 Å². The molecule has 0 heterocycles. The van der Waals surface area contributed by atoms with Crippen molar-refractivity contribution in [1.29, 1.82) is 0 Å². The molecule has 0 saturated heterocycles. The Bertz CT molecular complexity index is 701. The van der Waals surface area contributed by atoms with E-state index >= 15 is 0 Å². The highest BCUT2D eigenvalue weighted by molar-refractivity contribution is 7.99. The minimum absolute atomic E-state index is 0.0671. The lowest BCUT2D eigenvalue weighted by molar-refractivity contribution is -0.115. The van der Waals surface area contributed by atoms with Crippen molar-refractivity contribution in [2.24, 2.45) is 0 Å². The van der Waals surface area contributed by atoms with E-state index in [1.807, 2.05) is 30.3 Å². The molecule has 0 bridgehead atoms. The van der Waals surface area contributed by atoms with Crippen molar-refractivity contribution in [2.45, 2.75) is 25.2 Å². The van der Waals surface area contributed by atoms with Gasteiger partial charge in [0, 0.05) is 22.8 Å². The molecule has 5 heteroatoms. The molecule has 4 nitrogen and oxygen atoms in total. The van der Waals surface area contributed by atoms with Crippen molar-refractivity contribution in [3.63, 3.8) is 0 Å². The number of hydrogen-bond donors (Lipinski definition) is 1. The number of thioether (sulfide) groups is 1. The number of nitrogens with one attached hydrogen (secondary N) is 1. The van der Waals surface area contributed by atoms with Gasteiger partial charge < -0.3 is 10.1 Å². The van der Waals surface area contributed by atoms with Crippen molar-refractivity contribution in [3.05, 3.63) is 59.7 Å². The summed E-state index contributed by atoms with van der Waals surface area (Å²) in [6, 6.07) is 15.2. The van der Waals surface area contributed by atoms with Crippen LogP contribution in [-0.2, 0) is 9.53 Å². The van der Waals surface area contributed by atoms with Crippen molar-refractivity contribution >= 4 is 29.3 Å². The van der Waals surface area contributed by atoms with Crippen LogP contribution in [0.2, 0.25) is 0 Å². The van der Waals surface area contributed by atoms with Gasteiger partial charge in [-0.05, 0) is 43.7 Å². The largest absolute Gasteiger partial charge is 0.462 e. The van der Waals surface area contributed by atoms with Crippen LogP contribution in [0.15, 0.2) is 53.4 Å². The summed E-state index contributed by atoms with van der Waals surface area (Å²) in [5.41, 5.74) is 1.85. The second kappa shape index (κ2) is 9.13. The smallest absolute Gasteiger partial charge is 0.338 e. The molecule has 0 saturated carbocycles. The number of amides is 1. The highest BCUT2D eigenvalue weighted by Crippen LogP contribution is 2.21. The van der Waals surface area contributed by atoms with Crippen LogP contribution in [0.25, 0.3) is 0 Å². The minimum Gasteiger partial charge on any atom is -0.462 e. The predicted molar refractivity (Wildman–Crippen MR) is 97.5 cm³/mol. The third kappa shape index (κ3) is 5.13. The molecule has 126 valence electrons. The molecule has 2 aromatic carbocycles. The van der Waals surface area contributed by atoms with Crippen LogP contribution >= 0.6 is 11.8 Å². The monoisotopic (exact) mass is 343 g/mol. The van der Waals surface area contributed by atoms with Crippen molar-refractivity contribution in [3.8, 4) is 0 Å². The van der Waals surface area contributed by atoms with E-state index in [1.54, 1.807) is 43.8 Å². The summed E-state index contributed by atoms with van der Waals surface area (Å²) in [5.74, 6) is 0.264. The molecule has 0 aliphatic rings. The Hall–Kier alpha value is -2.27. The molecule has 0 aliphatic carbocycles. The zero-order valence-electron chi connectivity index (χ0n) is 13.9. The van der Waals surface area contributed by atoms with Crippen LogP contribution in [0.1, 0.15) is 29.3 Å². The third-order valence-electron chi connectivity index (χ3n) is 3.44. The molecule has 24 heavy (non-hydrogen) atoms. The summed E-state index contributed by atoms with van der Waals surface area (Å²) >= 11 is 1.64. The minimum atomic E-state index is -0.370. The Morgan fingerprint density at radius 3 is 2.54 bits per heavy atom. The first-order valence-corrected chi connectivity index (χ1v) is 8.84. The SMILES string of the molecule is CCOC(=O)c1cccc(NC(=O)CCSc2ccccc2)c1C. The highest BCUT2D eigenvalue weighted by atomic mass is 32.2. The molecule has 1 N–H and O–H groups in total. The van der Waals surface area contributed by atoms with Crippen molar-refractivity contribution in [1.82, 2.24) is 0 Å². The molecular formula is C19H21NO3S. The highest BCUT2D eigenvalue weighted by Gasteiger charge is 2.13. The number of carbonyl (C=O) groups is 2. The topological polar surface area (TPSA) is 55.4 Å². The average molecular weight is 343 g/mol. The molecule has 0 unspecified atom stereocenters. The van der Waals surface area contributed by atoms with E-state index in [9.17, 15) is 9.59 Å². The number of esters is 1.